The lowest BCUT2D eigenvalue weighted by Gasteiger charge is -2.18. The van der Waals surface area contributed by atoms with E-state index in [2.05, 4.69) is 21.2 Å². The van der Waals surface area contributed by atoms with Gasteiger partial charge in [-0.15, -0.1) is 11.3 Å². The van der Waals surface area contributed by atoms with E-state index in [1.807, 2.05) is 11.4 Å². The smallest absolute Gasteiger partial charge is 0.251 e. The lowest BCUT2D eigenvalue weighted by atomic mass is 10.2. The van der Waals surface area contributed by atoms with Crippen molar-refractivity contribution in [3.63, 3.8) is 0 Å². The Morgan fingerprint density at radius 3 is 2.50 bits per heavy atom. The summed E-state index contributed by atoms with van der Waals surface area (Å²) in [4.78, 5) is 13.3. The van der Waals surface area contributed by atoms with Gasteiger partial charge < -0.3 is 10.1 Å². The maximum atomic E-state index is 13.2. The Kier molecular flexibility index (Phi) is 6.53. The summed E-state index contributed by atoms with van der Waals surface area (Å²) >= 11 is 4.68. The van der Waals surface area contributed by atoms with E-state index in [9.17, 15) is 13.2 Å². The van der Waals surface area contributed by atoms with Gasteiger partial charge in [0.2, 0.25) is 0 Å². The Hall–Kier alpha value is -2.16. The van der Waals surface area contributed by atoms with Crippen LogP contribution in [0.5, 0.6) is 5.75 Å². The molecular formula is C20H18BrNO4S2. The molecule has 8 heteroatoms. The molecule has 5 nitrogen and oxygen atoms in total. The lowest BCUT2D eigenvalue weighted by molar-refractivity contribution is 0.0953. The Labute approximate surface area is 176 Å². The molecule has 3 aromatic rings. The number of hydrogen-bond acceptors (Lipinski definition) is 5. The van der Waals surface area contributed by atoms with Crippen molar-refractivity contribution in [2.45, 2.75) is 10.1 Å². The Bertz CT molecular complexity index is 1050. The molecule has 28 heavy (non-hydrogen) atoms. The van der Waals surface area contributed by atoms with Crippen molar-refractivity contribution in [2.75, 3.05) is 13.7 Å². The SMILES string of the molecule is COc1ccc(S(=O)(=O)C(CNC(=O)c2cccc(Br)c2)c2cccs2)cc1. The average molecular weight is 480 g/mol. The predicted molar refractivity (Wildman–Crippen MR) is 114 cm³/mol. The molecule has 0 aliphatic heterocycles. The average Bonchev–Trinajstić information content (AvgIpc) is 3.22. The molecule has 1 aromatic heterocycles. The van der Waals surface area contributed by atoms with Gasteiger partial charge in [0, 0.05) is 21.5 Å². The first-order valence-corrected chi connectivity index (χ1v) is 11.6. The van der Waals surface area contributed by atoms with Crippen LogP contribution in [-0.2, 0) is 9.84 Å². The molecule has 2 aromatic carbocycles. The summed E-state index contributed by atoms with van der Waals surface area (Å²) in [5, 5.41) is 3.70. The molecule has 1 amide bonds. The second-order valence-electron chi connectivity index (χ2n) is 5.94. The van der Waals surface area contributed by atoms with E-state index in [4.69, 9.17) is 4.74 Å². The van der Waals surface area contributed by atoms with Crippen molar-refractivity contribution >= 4 is 43.0 Å². The fraction of sp³-hybridized carbons (Fsp3) is 0.150. The number of nitrogens with one attached hydrogen (secondary N) is 1. The van der Waals surface area contributed by atoms with Crippen LogP contribution in [0.25, 0.3) is 0 Å². The van der Waals surface area contributed by atoms with Gasteiger partial charge in [-0.2, -0.15) is 0 Å². The van der Waals surface area contributed by atoms with Crippen LogP contribution in [0.1, 0.15) is 20.5 Å². The molecule has 0 saturated heterocycles. The zero-order valence-electron chi connectivity index (χ0n) is 15.0. The highest BCUT2D eigenvalue weighted by atomic mass is 79.9. The predicted octanol–water partition coefficient (Wildman–Crippen LogP) is 4.46. The highest BCUT2D eigenvalue weighted by Gasteiger charge is 2.30. The number of thiophene rings is 1. The summed E-state index contributed by atoms with van der Waals surface area (Å²) in [7, 11) is -2.18. The molecule has 0 spiro atoms. The molecule has 3 rings (SSSR count). The molecule has 0 saturated carbocycles. The quantitative estimate of drug-likeness (QED) is 0.542. The van der Waals surface area contributed by atoms with Crippen LogP contribution in [0, 0.1) is 0 Å². The Morgan fingerprint density at radius 2 is 1.89 bits per heavy atom. The third kappa shape index (κ3) is 4.63. The third-order valence-corrected chi connectivity index (χ3v) is 7.89. The van der Waals surface area contributed by atoms with E-state index in [1.165, 1.54) is 30.6 Å². The normalized spacial score (nSPS) is 12.4. The standard InChI is InChI=1S/C20H18BrNO4S2/c1-26-16-7-9-17(10-8-16)28(24,25)19(18-6-3-11-27-18)13-22-20(23)14-4-2-5-15(21)12-14/h2-12,19H,13H2,1H3,(H,22,23). The zero-order chi connectivity index (χ0) is 20.1. The number of ether oxygens (including phenoxy) is 1. The van der Waals surface area contributed by atoms with Crippen LogP contribution in [0.3, 0.4) is 0 Å². The summed E-state index contributed by atoms with van der Waals surface area (Å²) in [5.41, 5.74) is 0.459. The van der Waals surface area contributed by atoms with Gasteiger partial charge in [0.25, 0.3) is 5.91 Å². The summed E-state index contributed by atoms with van der Waals surface area (Å²) in [6.07, 6.45) is 0. The van der Waals surface area contributed by atoms with Gasteiger partial charge in [-0.1, -0.05) is 28.1 Å². The number of hydrogen-bond donors (Lipinski definition) is 1. The van der Waals surface area contributed by atoms with Crippen LogP contribution >= 0.6 is 27.3 Å². The van der Waals surface area contributed by atoms with E-state index in [1.54, 1.807) is 42.5 Å². The fourth-order valence-corrected chi connectivity index (χ4v) is 5.87. The van der Waals surface area contributed by atoms with Crippen molar-refractivity contribution in [1.29, 1.82) is 0 Å². The minimum absolute atomic E-state index is 0.0276. The third-order valence-electron chi connectivity index (χ3n) is 4.16. The Morgan fingerprint density at radius 1 is 1.14 bits per heavy atom. The maximum absolute atomic E-state index is 13.2. The van der Waals surface area contributed by atoms with E-state index in [0.29, 0.717) is 16.2 Å². The lowest BCUT2D eigenvalue weighted by Crippen LogP contribution is -2.31. The van der Waals surface area contributed by atoms with E-state index < -0.39 is 15.1 Å². The molecule has 1 unspecified atom stereocenters. The molecule has 0 aliphatic rings. The summed E-state index contributed by atoms with van der Waals surface area (Å²) in [6.45, 7) is -0.0276. The number of rotatable bonds is 7. The van der Waals surface area contributed by atoms with E-state index in [0.717, 1.165) is 4.47 Å². The second kappa shape index (κ2) is 8.89. The fourth-order valence-electron chi connectivity index (χ4n) is 2.68. The van der Waals surface area contributed by atoms with Crippen LogP contribution in [0.15, 0.2) is 75.4 Å². The molecule has 1 N–H and O–H groups in total. The number of carbonyl (C=O) groups is 1. The van der Waals surface area contributed by atoms with Gasteiger partial charge in [0.15, 0.2) is 9.84 Å². The first kappa shape index (κ1) is 20.6. The molecule has 146 valence electrons. The minimum atomic E-state index is -3.70. The number of amides is 1. The van der Waals surface area contributed by atoms with Crippen LogP contribution in [0.2, 0.25) is 0 Å². The van der Waals surface area contributed by atoms with Crippen molar-refractivity contribution in [2.24, 2.45) is 0 Å². The molecule has 0 fully saturated rings. The van der Waals surface area contributed by atoms with Gasteiger partial charge in [-0.25, -0.2) is 8.42 Å². The highest BCUT2D eigenvalue weighted by molar-refractivity contribution is 9.10. The minimum Gasteiger partial charge on any atom is -0.497 e. The van der Waals surface area contributed by atoms with Gasteiger partial charge in [-0.05, 0) is 53.9 Å². The van der Waals surface area contributed by atoms with Gasteiger partial charge in [0.1, 0.15) is 11.0 Å². The summed E-state index contributed by atoms with van der Waals surface area (Å²) < 4.78 is 32.4. The van der Waals surface area contributed by atoms with Crippen LogP contribution in [0.4, 0.5) is 0 Å². The van der Waals surface area contributed by atoms with Gasteiger partial charge in [0.05, 0.1) is 12.0 Å². The largest absolute Gasteiger partial charge is 0.497 e. The first-order valence-electron chi connectivity index (χ1n) is 8.37. The summed E-state index contributed by atoms with van der Waals surface area (Å²) in [6, 6.07) is 16.8. The first-order chi connectivity index (χ1) is 13.4. The second-order valence-corrected chi connectivity index (χ2v) is 9.97. The van der Waals surface area contributed by atoms with Crippen LogP contribution < -0.4 is 10.1 Å². The van der Waals surface area contributed by atoms with E-state index in [-0.39, 0.29) is 17.3 Å². The van der Waals surface area contributed by atoms with Crippen molar-refractivity contribution < 1.29 is 17.9 Å². The van der Waals surface area contributed by atoms with Crippen molar-refractivity contribution in [3.8, 4) is 5.75 Å². The van der Waals surface area contributed by atoms with Crippen LogP contribution in [-0.4, -0.2) is 28.0 Å². The van der Waals surface area contributed by atoms with Gasteiger partial charge in [-0.3, -0.25) is 4.79 Å². The van der Waals surface area contributed by atoms with Gasteiger partial charge >= 0.3 is 0 Å². The number of benzene rings is 2. The Balaban J connectivity index is 1.86. The molecular weight excluding hydrogens is 462 g/mol. The topological polar surface area (TPSA) is 72.5 Å². The molecule has 0 bridgehead atoms. The van der Waals surface area contributed by atoms with E-state index >= 15 is 0 Å². The van der Waals surface area contributed by atoms with Crippen molar-refractivity contribution in [3.05, 3.63) is 81.0 Å². The molecule has 0 aliphatic carbocycles. The number of halogens is 1. The highest BCUT2D eigenvalue weighted by Crippen LogP contribution is 2.32. The van der Waals surface area contributed by atoms with Crippen molar-refractivity contribution in [1.82, 2.24) is 5.32 Å². The molecule has 0 radical (unpaired) electrons. The number of sulfone groups is 1. The zero-order valence-corrected chi connectivity index (χ0v) is 18.2. The molecule has 1 atom stereocenters. The monoisotopic (exact) mass is 479 g/mol. The number of methoxy groups -OCH3 is 1. The molecule has 1 heterocycles. The number of carbonyl (C=O) groups excluding carboxylic acids is 1. The maximum Gasteiger partial charge on any atom is 0.251 e. The summed E-state index contributed by atoms with van der Waals surface area (Å²) in [5.74, 6) is 0.252.